The summed E-state index contributed by atoms with van der Waals surface area (Å²) in [5.41, 5.74) is 0.700. The van der Waals surface area contributed by atoms with Gasteiger partial charge in [0.15, 0.2) is 0 Å². The van der Waals surface area contributed by atoms with E-state index in [4.69, 9.17) is 4.52 Å². The van der Waals surface area contributed by atoms with Crippen LogP contribution in [-0.4, -0.2) is 29.3 Å². The van der Waals surface area contributed by atoms with Crippen molar-refractivity contribution in [3.05, 3.63) is 17.5 Å². The van der Waals surface area contributed by atoms with Gasteiger partial charge in [-0.15, -0.1) is 0 Å². The predicted octanol–water partition coefficient (Wildman–Crippen LogP) is 1.51. The third-order valence-electron chi connectivity index (χ3n) is 3.68. The number of hydrogen-bond acceptors (Lipinski definition) is 4. The fourth-order valence-corrected chi connectivity index (χ4v) is 2.58. The second-order valence-electron chi connectivity index (χ2n) is 5.03. The highest BCUT2D eigenvalue weighted by Crippen LogP contribution is 2.29. The third kappa shape index (κ3) is 3.10. The Morgan fingerprint density at radius 1 is 1.50 bits per heavy atom. The van der Waals surface area contributed by atoms with Gasteiger partial charge in [-0.1, -0.05) is 18.0 Å². The Hall–Kier alpha value is -1.36. The molecule has 5 nitrogen and oxygen atoms in total. The smallest absolute Gasteiger partial charge is 0.289 e. The van der Waals surface area contributed by atoms with Crippen molar-refractivity contribution in [3.63, 3.8) is 0 Å². The van der Waals surface area contributed by atoms with Crippen molar-refractivity contribution in [2.24, 2.45) is 11.8 Å². The molecule has 1 fully saturated rings. The molecular formula is C13H20N2O3. The van der Waals surface area contributed by atoms with E-state index >= 15 is 0 Å². The van der Waals surface area contributed by atoms with Crippen LogP contribution in [0, 0.1) is 18.8 Å². The Morgan fingerprint density at radius 2 is 2.22 bits per heavy atom. The first-order valence-electron chi connectivity index (χ1n) is 6.53. The molecule has 0 aromatic carbocycles. The van der Waals surface area contributed by atoms with E-state index in [1.54, 1.807) is 13.0 Å². The number of rotatable bonds is 4. The number of carbonyl (C=O) groups excluding carboxylic acids is 1. The largest absolute Gasteiger partial charge is 0.396 e. The van der Waals surface area contributed by atoms with Crippen LogP contribution in [-0.2, 0) is 0 Å². The van der Waals surface area contributed by atoms with E-state index in [1.165, 1.54) is 12.8 Å². The lowest BCUT2D eigenvalue weighted by molar-refractivity contribution is 0.0874. The molecule has 1 heterocycles. The normalized spacial score (nSPS) is 23.9. The SMILES string of the molecule is Cc1cc(C(=O)NCC2CCCCC2CO)on1. The summed E-state index contributed by atoms with van der Waals surface area (Å²) in [5.74, 6) is 0.717. The zero-order valence-corrected chi connectivity index (χ0v) is 10.7. The van der Waals surface area contributed by atoms with Crippen LogP contribution in [0.4, 0.5) is 0 Å². The number of aliphatic hydroxyl groups is 1. The number of carbonyl (C=O) groups is 1. The summed E-state index contributed by atoms with van der Waals surface area (Å²) in [5, 5.41) is 15.9. The topological polar surface area (TPSA) is 75.4 Å². The number of aromatic nitrogens is 1. The fraction of sp³-hybridized carbons (Fsp3) is 0.692. The van der Waals surface area contributed by atoms with Crippen molar-refractivity contribution >= 4 is 5.91 Å². The summed E-state index contributed by atoms with van der Waals surface area (Å²) in [6.07, 6.45) is 4.48. The lowest BCUT2D eigenvalue weighted by Crippen LogP contribution is -2.35. The number of aryl methyl sites for hydroxylation is 1. The fourth-order valence-electron chi connectivity index (χ4n) is 2.58. The summed E-state index contributed by atoms with van der Waals surface area (Å²) < 4.78 is 4.91. The van der Waals surface area contributed by atoms with Gasteiger partial charge in [-0.3, -0.25) is 4.79 Å². The van der Waals surface area contributed by atoms with Crippen LogP contribution >= 0.6 is 0 Å². The van der Waals surface area contributed by atoms with E-state index in [-0.39, 0.29) is 18.3 Å². The first kappa shape index (κ1) is 13.1. The van der Waals surface area contributed by atoms with Gasteiger partial charge in [-0.05, 0) is 31.6 Å². The summed E-state index contributed by atoms with van der Waals surface area (Å²) >= 11 is 0. The maximum atomic E-state index is 11.8. The van der Waals surface area contributed by atoms with Crippen molar-refractivity contribution in [2.75, 3.05) is 13.2 Å². The Labute approximate surface area is 107 Å². The van der Waals surface area contributed by atoms with Crippen molar-refractivity contribution in [1.82, 2.24) is 10.5 Å². The minimum atomic E-state index is -0.224. The molecule has 5 heteroatoms. The van der Waals surface area contributed by atoms with Crippen LogP contribution in [0.5, 0.6) is 0 Å². The van der Waals surface area contributed by atoms with Gasteiger partial charge in [0.25, 0.3) is 5.91 Å². The van der Waals surface area contributed by atoms with Crippen molar-refractivity contribution in [1.29, 1.82) is 0 Å². The quantitative estimate of drug-likeness (QED) is 0.851. The number of hydrogen-bond donors (Lipinski definition) is 2. The Balaban J connectivity index is 1.85. The number of amides is 1. The van der Waals surface area contributed by atoms with E-state index in [0.717, 1.165) is 12.8 Å². The zero-order valence-electron chi connectivity index (χ0n) is 10.7. The Bertz CT molecular complexity index is 403. The van der Waals surface area contributed by atoms with Crippen LogP contribution in [0.25, 0.3) is 0 Å². The molecule has 1 aliphatic carbocycles. The number of aliphatic hydroxyl groups excluding tert-OH is 1. The summed E-state index contributed by atoms with van der Waals surface area (Å²) in [7, 11) is 0. The maximum Gasteiger partial charge on any atom is 0.289 e. The molecule has 18 heavy (non-hydrogen) atoms. The molecule has 1 aliphatic rings. The van der Waals surface area contributed by atoms with Crippen LogP contribution in [0.15, 0.2) is 10.6 Å². The molecule has 2 atom stereocenters. The van der Waals surface area contributed by atoms with E-state index in [2.05, 4.69) is 10.5 Å². The Kier molecular flexibility index (Phi) is 4.36. The van der Waals surface area contributed by atoms with E-state index in [1.807, 2.05) is 0 Å². The average molecular weight is 252 g/mol. The molecule has 100 valence electrons. The highest BCUT2D eigenvalue weighted by Gasteiger charge is 2.25. The van der Waals surface area contributed by atoms with Crippen molar-refractivity contribution in [2.45, 2.75) is 32.6 Å². The molecule has 1 amide bonds. The minimum Gasteiger partial charge on any atom is -0.396 e. The van der Waals surface area contributed by atoms with Crippen LogP contribution in [0.2, 0.25) is 0 Å². The minimum absolute atomic E-state index is 0.210. The van der Waals surface area contributed by atoms with E-state index in [9.17, 15) is 9.90 Å². The van der Waals surface area contributed by atoms with Crippen LogP contribution < -0.4 is 5.32 Å². The average Bonchev–Trinajstić information content (AvgIpc) is 2.83. The molecular weight excluding hydrogens is 232 g/mol. The van der Waals surface area contributed by atoms with Gasteiger partial charge in [0.1, 0.15) is 0 Å². The van der Waals surface area contributed by atoms with Gasteiger partial charge in [0.05, 0.1) is 5.69 Å². The molecule has 0 bridgehead atoms. The highest BCUT2D eigenvalue weighted by molar-refractivity contribution is 5.91. The molecule has 0 radical (unpaired) electrons. The molecule has 0 saturated heterocycles. The van der Waals surface area contributed by atoms with Gasteiger partial charge in [0, 0.05) is 19.2 Å². The van der Waals surface area contributed by atoms with Crippen LogP contribution in [0.3, 0.4) is 0 Å². The zero-order chi connectivity index (χ0) is 13.0. The van der Waals surface area contributed by atoms with Gasteiger partial charge in [-0.25, -0.2) is 0 Å². The molecule has 0 aliphatic heterocycles. The van der Waals surface area contributed by atoms with Crippen molar-refractivity contribution in [3.8, 4) is 0 Å². The summed E-state index contributed by atoms with van der Waals surface area (Å²) in [6, 6.07) is 1.62. The maximum absolute atomic E-state index is 11.8. The number of nitrogens with zero attached hydrogens (tertiary/aromatic N) is 1. The van der Waals surface area contributed by atoms with Gasteiger partial charge in [-0.2, -0.15) is 0 Å². The summed E-state index contributed by atoms with van der Waals surface area (Å²) in [6.45, 7) is 2.59. The predicted molar refractivity (Wildman–Crippen MR) is 66.1 cm³/mol. The second kappa shape index (κ2) is 6.00. The molecule has 2 rings (SSSR count). The highest BCUT2D eigenvalue weighted by atomic mass is 16.5. The first-order chi connectivity index (χ1) is 8.70. The van der Waals surface area contributed by atoms with E-state index in [0.29, 0.717) is 24.1 Å². The van der Waals surface area contributed by atoms with Crippen LogP contribution in [0.1, 0.15) is 41.9 Å². The molecule has 1 aromatic rings. The lowest BCUT2D eigenvalue weighted by atomic mass is 9.79. The molecule has 0 spiro atoms. The number of nitrogens with one attached hydrogen (secondary N) is 1. The molecule has 2 N–H and O–H groups in total. The monoisotopic (exact) mass is 252 g/mol. The van der Waals surface area contributed by atoms with Gasteiger partial charge >= 0.3 is 0 Å². The third-order valence-corrected chi connectivity index (χ3v) is 3.68. The lowest BCUT2D eigenvalue weighted by Gasteiger charge is -2.30. The van der Waals surface area contributed by atoms with Crippen molar-refractivity contribution < 1.29 is 14.4 Å². The first-order valence-corrected chi connectivity index (χ1v) is 6.53. The molecule has 2 unspecified atom stereocenters. The molecule has 1 saturated carbocycles. The summed E-state index contributed by atoms with van der Waals surface area (Å²) in [4.78, 5) is 11.8. The standard InChI is InChI=1S/C13H20N2O3/c1-9-6-12(18-15-9)13(17)14-7-10-4-2-3-5-11(10)8-16/h6,10-11,16H,2-5,7-8H2,1H3,(H,14,17). The van der Waals surface area contributed by atoms with E-state index < -0.39 is 0 Å². The van der Waals surface area contributed by atoms with Gasteiger partial charge in [0.2, 0.25) is 5.76 Å². The molecule has 1 aromatic heterocycles. The van der Waals surface area contributed by atoms with Gasteiger partial charge < -0.3 is 14.9 Å². The second-order valence-corrected chi connectivity index (χ2v) is 5.03. The Morgan fingerprint density at radius 3 is 2.83 bits per heavy atom.